The molecule has 3 aromatic carbocycles. The molecular formula is C30H33FN2O3. The van der Waals surface area contributed by atoms with Gasteiger partial charge < -0.3 is 14.5 Å². The maximum atomic E-state index is 13.7. The summed E-state index contributed by atoms with van der Waals surface area (Å²) in [5.74, 6) is 0.147. The number of benzene rings is 3. The van der Waals surface area contributed by atoms with Gasteiger partial charge in [0.1, 0.15) is 11.6 Å². The molecule has 1 unspecified atom stereocenters. The van der Waals surface area contributed by atoms with Crippen molar-refractivity contribution < 1.29 is 18.7 Å². The Hall–Kier alpha value is -3.67. The predicted molar refractivity (Wildman–Crippen MR) is 138 cm³/mol. The Morgan fingerprint density at radius 2 is 1.72 bits per heavy atom. The van der Waals surface area contributed by atoms with Gasteiger partial charge in [-0.25, -0.2) is 4.39 Å². The summed E-state index contributed by atoms with van der Waals surface area (Å²) in [6.07, 6.45) is 0.716. The van der Waals surface area contributed by atoms with E-state index in [-0.39, 0.29) is 30.3 Å². The van der Waals surface area contributed by atoms with Crippen molar-refractivity contribution in [2.75, 3.05) is 20.2 Å². The van der Waals surface area contributed by atoms with Crippen LogP contribution in [0.15, 0.2) is 72.8 Å². The van der Waals surface area contributed by atoms with E-state index in [0.717, 1.165) is 22.3 Å². The number of amides is 2. The molecule has 6 heteroatoms. The molecule has 2 amide bonds. The van der Waals surface area contributed by atoms with E-state index in [2.05, 4.69) is 0 Å². The first-order valence-corrected chi connectivity index (χ1v) is 12.2. The summed E-state index contributed by atoms with van der Waals surface area (Å²) in [7, 11) is 1.76. The number of nitrogens with zero attached hydrogens (tertiary/aromatic N) is 2. The summed E-state index contributed by atoms with van der Waals surface area (Å²) < 4.78 is 19.6. The molecule has 1 atom stereocenters. The highest BCUT2D eigenvalue weighted by Crippen LogP contribution is 2.39. The molecule has 0 fully saturated rings. The molecule has 0 saturated heterocycles. The molecule has 0 radical (unpaired) electrons. The molecule has 36 heavy (non-hydrogen) atoms. The van der Waals surface area contributed by atoms with Gasteiger partial charge in [0, 0.05) is 25.6 Å². The van der Waals surface area contributed by atoms with Crippen LogP contribution in [-0.2, 0) is 22.6 Å². The molecule has 1 heterocycles. The normalized spacial score (nSPS) is 15.2. The lowest BCUT2D eigenvalue weighted by molar-refractivity contribution is -0.141. The molecular weight excluding hydrogens is 455 g/mol. The Morgan fingerprint density at radius 1 is 1.03 bits per heavy atom. The Morgan fingerprint density at radius 3 is 2.39 bits per heavy atom. The molecule has 3 aromatic rings. The molecule has 188 valence electrons. The van der Waals surface area contributed by atoms with Crippen LogP contribution in [0.25, 0.3) is 0 Å². The number of carbonyl (C=O) groups is 2. The van der Waals surface area contributed by atoms with Crippen LogP contribution in [0.4, 0.5) is 4.39 Å². The van der Waals surface area contributed by atoms with Crippen molar-refractivity contribution in [3.63, 3.8) is 0 Å². The molecule has 0 N–H and O–H groups in total. The molecule has 0 saturated carbocycles. The maximum absolute atomic E-state index is 13.7. The molecule has 1 aliphatic rings. The Labute approximate surface area is 212 Å². The van der Waals surface area contributed by atoms with Gasteiger partial charge in [-0.2, -0.15) is 0 Å². The van der Waals surface area contributed by atoms with Gasteiger partial charge in [-0.1, -0.05) is 69.3 Å². The summed E-state index contributed by atoms with van der Waals surface area (Å²) in [4.78, 5) is 29.6. The average molecular weight is 489 g/mol. The van der Waals surface area contributed by atoms with Crippen molar-refractivity contribution in [1.29, 1.82) is 0 Å². The van der Waals surface area contributed by atoms with Gasteiger partial charge in [0.2, 0.25) is 5.91 Å². The van der Waals surface area contributed by atoms with Crippen LogP contribution < -0.4 is 4.74 Å². The monoisotopic (exact) mass is 488 g/mol. The van der Waals surface area contributed by atoms with Crippen molar-refractivity contribution >= 4 is 11.8 Å². The summed E-state index contributed by atoms with van der Waals surface area (Å²) >= 11 is 0. The first-order valence-electron chi connectivity index (χ1n) is 12.2. The number of hydrogen-bond acceptors (Lipinski definition) is 3. The number of rotatable bonds is 6. The summed E-state index contributed by atoms with van der Waals surface area (Å²) in [6, 6.07) is 21.5. The summed E-state index contributed by atoms with van der Waals surface area (Å²) in [6.45, 7) is 6.71. The Kier molecular flexibility index (Phi) is 7.43. The third kappa shape index (κ3) is 5.76. The zero-order chi connectivity index (χ0) is 25.9. The lowest BCUT2D eigenvalue weighted by Gasteiger charge is -2.41. The third-order valence-corrected chi connectivity index (χ3v) is 6.48. The smallest absolute Gasteiger partial charge is 0.260 e. The molecule has 0 aliphatic carbocycles. The van der Waals surface area contributed by atoms with Crippen molar-refractivity contribution in [2.24, 2.45) is 5.41 Å². The summed E-state index contributed by atoms with van der Waals surface area (Å²) in [5.41, 5.74) is 3.38. The van der Waals surface area contributed by atoms with E-state index in [0.29, 0.717) is 25.3 Å². The molecule has 0 aromatic heterocycles. The molecule has 0 spiro atoms. The number of fused-ring (bicyclic) bond motifs is 1. The van der Waals surface area contributed by atoms with Crippen LogP contribution in [0.2, 0.25) is 0 Å². The van der Waals surface area contributed by atoms with E-state index in [1.165, 1.54) is 12.1 Å². The van der Waals surface area contributed by atoms with Crippen molar-refractivity contribution in [3.05, 3.63) is 101 Å². The topological polar surface area (TPSA) is 49.9 Å². The standard InChI is InChI=1S/C30H33FN2O3/c1-30(2,3)29(35)33-17-16-22-12-15-25(18-26(22)28(33)23-10-13-24(31)14-11-23)36-20-27(34)32(4)19-21-8-6-5-7-9-21/h5-15,18,28H,16-17,19-20H2,1-4H3. The SMILES string of the molecule is CN(Cc1ccccc1)C(=O)COc1ccc2c(c1)C(c1ccc(F)cc1)N(C(=O)C(C)(C)C)CC2. The van der Waals surface area contributed by atoms with Crippen LogP contribution in [0.3, 0.4) is 0 Å². The summed E-state index contributed by atoms with van der Waals surface area (Å²) in [5, 5.41) is 0. The van der Waals surface area contributed by atoms with E-state index in [1.807, 2.05) is 74.2 Å². The number of carbonyl (C=O) groups excluding carboxylic acids is 2. The Balaban J connectivity index is 1.57. The number of halogens is 1. The Bertz CT molecular complexity index is 1220. The quantitative estimate of drug-likeness (QED) is 0.468. The van der Waals surface area contributed by atoms with Gasteiger partial charge in [-0.3, -0.25) is 9.59 Å². The molecule has 0 bridgehead atoms. The minimum atomic E-state index is -0.556. The number of likely N-dealkylation sites (N-methyl/N-ethyl adjacent to an activating group) is 1. The van der Waals surface area contributed by atoms with Crippen LogP contribution in [-0.4, -0.2) is 41.8 Å². The van der Waals surface area contributed by atoms with Gasteiger partial charge in [0.15, 0.2) is 6.61 Å². The second-order valence-electron chi connectivity index (χ2n) is 10.3. The van der Waals surface area contributed by atoms with Crippen molar-refractivity contribution in [1.82, 2.24) is 9.80 Å². The van der Waals surface area contributed by atoms with Crippen LogP contribution in [0, 0.1) is 11.2 Å². The lowest BCUT2D eigenvalue weighted by atomic mass is 9.85. The second-order valence-corrected chi connectivity index (χ2v) is 10.3. The minimum Gasteiger partial charge on any atom is -0.484 e. The fourth-order valence-electron chi connectivity index (χ4n) is 4.54. The van der Waals surface area contributed by atoms with Crippen molar-refractivity contribution in [2.45, 2.75) is 39.8 Å². The van der Waals surface area contributed by atoms with Crippen LogP contribution >= 0.6 is 0 Å². The largest absolute Gasteiger partial charge is 0.484 e. The fraction of sp³-hybridized carbons (Fsp3) is 0.333. The third-order valence-electron chi connectivity index (χ3n) is 6.48. The van der Waals surface area contributed by atoms with E-state index >= 15 is 0 Å². The first kappa shape index (κ1) is 25.4. The van der Waals surface area contributed by atoms with Gasteiger partial charge >= 0.3 is 0 Å². The fourth-order valence-corrected chi connectivity index (χ4v) is 4.54. The van der Waals surface area contributed by atoms with E-state index in [9.17, 15) is 14.0 Å². The van der Waals surface area contributed by atoms with Crippen LogP contribution in [0.1, 0.15) is 49.1 Å². The number of ether oxygens (including phenoxy) is 1. The molecule has 1 aliphatic heterocycles. The van der Waals surface area contributed by atoms with Crippen molar-refractivity contribution in [3.8, 4) is 5.75 Å². The first-order chi connectivity index (χ1) is 17.1. The highest BCUT2D eigenvalue weighted by Gasteiger charge is 2.37. The van der Waals surface area contributed by atoms with Gasteiger partial charge in [-0.05, 0) is 52.9 Å². The molecule has 4 rings (SSSR count). The van der Waals surface area contributed by atoms with Gasteiger partial charge in [-0.15, -0.1) is 0 Å². The molecule has 5 nitrogen and oxygen atoms in total. The highest BCUT2D eigenvalue weighted by molar-refractivity contribution is 5.83. The average Bonchev–Trinajstić information content (AvgIpc) is 2.86. The van der Waals surface area contributed by atoms with Gasteiger partial charge in [0.25, 0.3) is 5.91 Å². The lowest BCUT2D eigenvalue weighted by Crippen LogP contribution is -2.45. The van der Waals surface area contributed by atoms with Crippen LogP contribution in [0.5, 0.6) is 5.75 Å². The predicted octanol–water partition coefficient (Wildman–Crippen LogP) is 5.38. The minimum absolute atomic E-state index is 0.0338. The zero-order valence-corrected chi connectivity index (χ0v) is 21.3. The highest BCUT2D eigenvalue weighted by atomic mass is 19.1. The zero-order valence-electron chi connectivity index (χ0n) is 21.3. The van der Waals surface area contributed by atoms with E-state index in [1.54, 1.807) is 24.1 Å². The van der Waals surface area contributed by atoms with E-state index < -0.39 is 5.41 Å². The van der Waals surface area contributed by atoms with Gasteiger partial charge in [0.05, 0.1) is 6.04 Å². The maximum Gasteiger partial charge on any atom is 0.260 e. The number of hydrogen-bond donors (Lipinski definition) is 0. The van der Waals surface area contributed by atoms with E-state index in [4.69, 9.17) is 4.74 Å². The second kappa shape index (κ2) is 10.5.